The number of carbonyl (C=O) groups excluding carboxylic acids is 1. The molecule has 1 unspecified atom stereocenters. The minimum Gasteiger partial charge on any atom is -0.349 e. The summed E-state index contributed by atoms with van der Waals surface area (Å²) < 4.78 is 13.5. The molecule has 2 amide bonds. The molecule has 4 saturated carbocycles. The van der Waals surface area contributed by atoms with Crippen molar-refractivity contribution in [1.29, 1.82) is 0 Å². The summed E-state index contributed by atoms with van der Waals surface area (Å²) in [5.41, 5.74) is 0.785. The van der Waals surface area contributed by atoms with Crippen LogP contribution in [0.1, 0.15) is 91.9 Å². The number of urea groups is 1. The molecule has 8 nitrogen and oxygen atoms in total. The SMILES string of the molecule is C[C@H]1CC[C@@]2(OC1)O[C@H]1C[C@H]3[C@@H]4CC[C@@H]5C[C@H](NC(=O)N6CCN(c7ncccn7)CC6)CC[C@]5(C)[C@H]4CC[C@]3(C)C1[C@@H]2C. The number of hydrogen-bond donors (Lipinski definition) is 1. The molecular formula is C36H55N5O3. The minimum atomic E-state index is -0.316. The van der Waals surface area contributed by atoms with Gasteiger partial charge in [-0.2, -0.15) is 0 Å². The number of amides is 2. The van der Waals surface area contributed by atoms with Crippen LogP contribution < -0.4 is 10.2 Å². The molecule has 7 aliphatic rings. The number of hydrogen-bond acceptors (Lipinski definition) is 6. The van der Waals surface area contributed by atoms with Gasteiger partial charge in [-0.05, 0) is 110 Å². The second-order valence-electron chi connectivity index (χ2n) is 16.6. The third-order valence-corrected chi connectivity index (χ3v) is 14.7. The zero-order valence-electron chi connectivity index (χ0n) is 27.5. The molecule has 0 aromatic carbocycles. The van der Waals surface area contributed by atoms with E-state index in [1.54, 1.807) is 12.4 Å². The highest BCUT2D eigenvalue weighted by Gasteiger charge is 2.69. The van der Waals surface area contributed by atoms with E-state index in [1.807, 2.05) is 11.0 Å². The highest BCUT2D eigenvalue weighted by atomic mass is 16.7. The van der Waals surface area contributed by atoms with Gasteiger partial charge in [0, 0.05) is 57.0 Å². The summed E-state index contributed by atoms with van der Waals surface area (Å²) in [6.07, 6.45) is 16.4. The average Bonchev–Trinajstić information content (AvgIpc) is 3.48. The maximum atomic E-state index is 13.3. The molecule has 12 atom stereocenters. The zero-order valence-corrected chi connectivity index (χ0v) is 27.5. The maximum Gasteiger partial charge on any atom is 0.317 e. The van der Waals surface area contributed by atoms with E-state index in [0.717, 1.165) is 81.7 Å². The molecule has 3 saturated heterocycles. The van der Waals surface area contributed by atoms with E-state index in [0.29, 0.717) is 40.7 Å². The fourth-order valence-corrected chi connectivity index (χ4v) is 12.2. The summed E-state index contributed by atoms with van der Waals surface area (Å²) in [5, 5.41) is 3.48. The number of carbonyl (C=O) groups is 1. The Balaban J connectivity index is 0.888. The molecule has 3 aliphatic heterocycles. The van der Waals surface area contributed by atoms with Crippen molar-refractivity contribution in [2.45, 2.75) is 110 Å². The first-order valence-corrected chi connectivity index (χ1v) is 18.1. The molecule has 44 heavy (non-hydrogen) atoms. The number of aromatic nitrogens is 2. The fraction of sp³-hybridized carbons (Fsp3) is 0.861. The summed E-state index contributed by atoms with van der Waals surface area (Å²) in [4.78, 5) is 26.3. The number of anilines is 1. The van der Waals surface area contributed by atoms with Gasteiger partial charge in [0.15, 0.2) is 5.79 Å². The van der Waals surface area contributed by atoms with Crippen molar-refractivity contribution in [3.8, 4) is 0 Å². The normalized spacial score (nSPS) is 48.3. The van der Waals surface area contributed by atoms with Crippen LogP contribution in [-0.2, 0) is 9.47 Å². The maximum absolute atomic E-state index is 13.3. The van der Waals surface area contributed by atoms with Crippen molar-refractivity contribution in [2.75, 3.05) is 37.7 Å². The monoisotopic (exact) mass is 605 g/mol. The van der Waals surface area contributed by atoms with Crippen molar-refractivity contribution in [3.05, 3.63) is 18.5 Å². The van der Waals surface area contributed by atoms with Gasteiger partial charge < -0.3 is 24.6 Å². The van der Waals surface area contributed by atoms with Crippen molar-refractivity contribution in [3.63, 3.8) is 0 Å². The van der Waals surface area contributed by atoms with E-state index in [9.17, 15) is 4.79 Å². The van der Waals surface area contributed by atoms with Crippen LogP contribution in [0, 0.1) is 52.3 Å². The van der Waals surface area contributed by atoms with Crippen LogP contribution in [0.2, 0.25) is 0 Å². The smallest absolute Gasteiger partial charge is 0.317 e. The Morgan fingerprint density at radius 3 is 2.43 bits per heavy atom. The lowest BCUT2D eigenvalue weighted by atomic mass is 9.44. The number of nitrogens with one attached hydrogen (secondary N) is 1. The summed E-state index contributed by atoms with van der Waals surface area (Å²) in [6, 6.07) is 2.27. The van der Waals surface area contributed by atoms with Gasteiger partial charge in [-0.15, -0.1) is 0 Å². The number of nitrogens with zero attached hydrogens (tertiary/aromatic N) is 4. The molecule has 1 N–H and O–H groups in total. The predicted molar refractivity (Wildman–Crippen MR) is 170 cm³/mol. The molecule has 0 radical (unpaired) electrons. The molecule has 1 spiro atoms. The Kier molecular flexibility index (Phi) is 7.25. The third-order valence-electron chi connectivity index (χ3n) is 14.7. The Morgan fingerprint density at radius 1 is 0.909 bits per heavy atom. The first kappa shape index (κ1) is 29.5. The van der Waals surface area contributed by atoms with Crippen LogP contribution in [0.3, 0.4) is 0 Å². The summed E-state index contributed by atoms with van der Waals surface area (Å²) in [6.45, 7) is 13.9. The molecule has 1 aromatic rings. The van der Waals surface area contributed by atoms with Crippen LogP contribution in [0.15, 0.2) is 18.5 Å². The Morgan fingerprint density at radius 2 is 1.68 bits per heavy atom. The zero-order chi connectivity index (χ0) is 30.3. The topological polar surface area (TPSA) is 79.8 Å². The molecule has 8 heteroatoms. The van der Waals surface area contributed by atoms with Gasteiger partial charge in [-0.1, -0.05) is 27.7 Å². The van der Waals surface area contributed by atoms with Gasteiger partial charge in [0.1, 0.15) is 0 Å². The highest BCUT2D eigenvalue weighted by molar-refractivity contribution is 5.74. The molecule has 4 heterocycles. The average molecular weight is 606 g/mol. The molecule has 0 bridgehead atoms. The van der Waals surface area contributed by atoms with Crippen LogP contribution >= 0.6 is 0 Å². The lowest BCUT2D eigenvalue weighted by Crippen LogP contribution is -2.58. The first-order valence-electron chi connectivity index (χ1n) is 18.1. The fourth-order valence-electron chi connectivity index (χ4n) is 12.2. The van der Waals surface area contributed by atoms with Gasteiger partial charge in [0.25, 0.3) is 0 Å². The van der Waals surface area contributed by atoms with E-state index < -0.39 is 0 Å². The van der Waals surface area contributed by atoms with Crippen LogP contribution in [0.25, 0.3) is 0 Å². The molecule has 7 fully saturated rings. The predicted octanol–water partition coefficient (Wildman–Crippen LogP) is 6.12. The Hall–Kier alpha value is -1.93. The number of rotatable bonds is 2. The minimum absolute atomic E-state index is 0.121. The quantitative estimate of drug-likeness (QED) is 0.438. The summed E-state index contributed by atoms with van der Waals surface area (Å²) in [7, 11) is 0. The van der Waals surface area contributed by atoms with Gasteiger partial charge in [0.2, 0.25) is 5.95 Å². The Bertz CT molecular complexity index is 1220. The van der Waals surface area contributed by atoms with E-state index in [2.05, 4.69) is 47.9 Å². The van der Waals surface area contributed by atoms with Gasteiger partial charge in [0.05, 0.1) is 12.7 Å². The van der Waals surface area contributed by atoms with Gasteiger partial charge >= 0.3 is 6.03 Å². The highest BCUT2D eigenvalue weighted by Crippen LogP contribution is 2.71. The lowest BCUT2D eigenvalue weighted by Gasteiger charge is -2.61. The number of fused-ring (bicyclic) bond motifs is 7. The van der Waals surface area contributed by atoms with Gasteiger partial charge in [-0.3, -0.25) is 0 Å². The van der Waals surface area contributed by atoms with E-state index in [-0.39, 0.29) is 11.8 Å². The van der Waals surface area contributed by atoms with Crippen molar-refractivity contribution in [2.24, 2.45) is 52.3 Å². The van der Waals surface area contributed by atoms with Crippen LogP contribution in [0.4, 0.5) is 10.7 Å². The van der Waals surface area contributed by atoms with Crippen molar-refractivity contribution >= 4 is 12.0 Å². The number of piperazine rings is 1. The molecule has 4 aliphatic carbocycles. The molecule has 242 valence electrons. The molecule has 8 rings (SSSR count). The van der Waals surface area contributed by atoms with Crippen molar-refractivity contribution < 1.29 is 14.3 Å². The summed E-state index contributed by atoms with van der Waals surface area (Å²) in [5.74, 6) is 5.38. The lowest BCUT2D eigenvalue weighted by molar-refractivity contribution is -0.273. The van der Waals surface area contributed by atoms with Crippen LogP contribution in [-0.4, -0.2) is 71.6 Å². The second-order valence-corrected chi connectivity index (χ2v) is 16.6. The van der Waals surface area contributed by atoms with Crippen molar-refractivity contribution in [1.82, 2.24) is 20.2 Å². The number of ether oxygens (including phenoxy) is 2. The van der Waals surface area contributed by atoms with E-state index >= 15 is 0 Å². The Labute approximate surface area is 264 Å². The second kappa shape index (κ2) is 10.8. The third kappa shape index (κ3) is 4.54. The molecule has 1 aromatic heterocycles. The van der Waals surface area contributed by atoms with E-state index in [1.165, 1.54) is 44.9 Å². The van der Waals surface area contributed by atoms with Crippen LogP contribution in [0.5, 0.6) is 0 Å². The van der Waals surface area contributed by atoms with Gasteiger partial charge in [-0.25, -0.2) is 14.8 Å². The largest absolute Gasteiger partial charge is 0.349 e. The first-order chi connectivity index (χ1) is 21.2. The summed E-state index contributed by atoms with van der Waals surface area (Å²) >= 11 is 0. The standard InChI is InChI=1S/C36H55N5O3/c1-23-8-13-36(43-22-23)24(2)31-30(44-36)21-29-27-7-6-25-20-26(9-11-34(25,3)28(27)10-12-35(29,31)4)39-33(42)41-18-16-40(17-19-41)32-37-14-5-15-38-32/h5,14-15,23-31H,6-13,16-22H2,1-4H3,(H,39,42)/t23-,24-,25+,26+,27+,28-,29-,30-,31?,34-,35-,36+/m0/s1. The van der Waals surface area contributed by atoms with E-state index in [4.69, 9.17) is 9.47 Å². The molecular weight excluding hydrogens is 550 g/mol.